The minimum absolute atomic E-state index is 0.0911. The highest BCUT2D eigenvalue weighted by Crippen LogP contribution is 2.24. The molecule has 1 N–H and O–H groups in total. The molecule has 5 nitrogen and oxygen atoms in total. The van der Waals surface area contributed by atoms with Crippen molar-refractivity contribution in [2.75, 3.05) is 25.5 Å². The van der Waals surface area contributed by atoms with Crippen molar-refractivity contribution in [3.05, 3.63) is 24.4 Å². The van der Waals surface area contributed by atoms with Gasteiger partial charge in [-0.1, -0.05) is 0 Å². The lowest BCUT2D eigenvalue weighted by atomic mass is 9.94. The third-order valence-electron chi connectivity index (χ3n) is 3.94. The van der Waals surface area contributed by atoms with Gasteiger partial charge in [-0.2, -0.15) is 9.44 Å². The summed E-state index contributed by atoms with van der Waals surface area (Å²) < 4.78 is 5.28. The first-order valence-electron chi connectivity index (χ1n) is 7.18. The van der Waals surface area contributed by atoms with E-state index < -0.39 is 0 Å². The second kappa shape index (κ2) is 6.51. The molecule has 21 heavy (non-hydrogen) atoms. The van der Waals surface area contributed by atoms with Crippen LogP contribution in [-0.4, -0.2) is 35.5 Å². The number of fused-ring (bicyclic) bond motifs is 1. The average Bonchev–Trinajstić information content (AvgIpc) is 2.95. The Morgan fingerprint density at radius 1 is 1.48 bits per heavy atom. The fraction of sp³-hybridized carbons (Fsp3) is 0.467. The lowest BCUT2D eigenvalue weighted by Gasteiger charge is -2.29. The number of benzene rings is 1. The zero-order valence-corrected chi connectivity index (χ0v) is 12.9. The summed E-state index contributed by atoms with van der Waals surface area (Å²) in [4.78, 5) is 17.3. The van der Waals surface area contributed by atoms with Crippen LogP contribution in [0.15, 0.2) is 24.4 Å². The quantitative estimate of drug-likeness (QED) is 0.943. The van der Waals surface area contributed by atoms with Gasteiger partial charge in [-0.15, -0.1) is 0 Å². The van der Waals surface area contributed by atoms with Crippen molar-refractivity contribution in [3.63, 3.8) is 0 Å². The Morgan fingerprint density at radius 3 is 3.05 bits per heavy atom. The van der Waals surface area contributed by atoms with Crippen LogP contribution in [0.25, 0.3) is 10.1 Å². The van der Waals surface area contributed by atoms with Crippen molar-refractivity contribution in [1.82, 2.24) is 9.44 Å². The molecule has 1 aromatic carbocycles. The third kappa shape index (κ3) is 3.58. The first-order chi connectivity index (χ1) is 10.2. The highest BCUT2D eigenvalue weighted by Gasteiger charge is 2.21. The summed E-state index contributed by atoms with van der Waals surface area (Å²) >= 11 is 1.47. The molecule has 1 aromatic heterocycles. The summed E-state index contributed by atoms with van der Waals surface area (Å²) in [6, 6.07) is 5.91. The van der Waals surface area contributed by atoms with Crippen LogP contribution in [0, 0.1) is 5.92 Å². The first kappa shape index (κ1) is 14.4. The average molecular weight is 305 g/mol. The van der Waals surface area contributed by atoms with Crippen molar-refractivity contribution in [1.29, 1.82) is 0 Å². The predicted molar refractivity (Wildman–Crippen MR) is 84.2 cm³/mol. The maximum absolute atomic E-state index is 12.1. The van der Waals surface area contributed by atoms with Crippen LogP contribution in [0.2, 0.25) is 0 Å². The number of amides is 1. The molecule has 0 spiro atoms. The van der Waals surface area contributed by atoms with Crippen LogP contribution in [-0.2, 0) is 9.63 Å². The van der Waals surface area contributed by atoms with E-state index in [2.05, 4.69) is 9.69 Å². The summed E-state index contributed by atoms with van der Waals surface area (Å²) in [5, 5.41) is 6.01. The molecule has 0 aliphatic carbocycles. The van der Waals surface area contributed by atoms with E-state index in [-0.39, 0.29) is 5.91 Å². The molecule has 0 unspecified atom stereocenters. The minimum Gasteiger partial charge on any atom is -0.326 e. The van der Waals surface area contributed by atoms with Crippen LogP contribution in [0.5, 0.6) is 0 Å². The van der Waals surface area contributed by atoms with Gasteiger partial charge in [0, 0.05) is 36.8 Å². The Bertz CT molecular complexity index is 620. The fourth-order valence-corrected chi connectivity index (χ4v) is 3.35. The Kier molecular flexibility index (Phi) is 4.48. The van der Waals surface area contributed by atoms with Crippen LogP contribution >= 0.6 is 11.5 Å². The molecule has 1 aliphatic heterocycles. The number of carbonyl (C=O) groups excluding carboxylic acids is 1. The molecule has 1 fully saturated rings. The number of nitrogens with one attached hydrogen (secondary N) is 1. The fourth-order valence-electron chi connectivity index (χ4n) is 2.72. The van der Waals surface area contributed by atoms with E-state index in [1.807, 2.05) is 29.5 Å². The van der Waals surface area contributed by atoms with Crippen molar-refractivity contribution in [2.45, 2.75) is 19.3 Å². The van der Waals surface area contributed by atoms with Gasteiger partial charge in [-0.25, -0.2) is 0 Å². The van der Waals surface area contributed by atoms with Gasteiger partial charge in [-0.3, -0.25) is 4.79 Å². The summed E-state index contributed by atoms with van der Waals surface area (Å²) in [5.41, 5.74) is 0.849. The minimum atomic E-state index is 0.0911. The zero-order valence-electron chi connectivity index (χ0n) is 12.0. The molecule has 3 rings (SSSR count). The largest absolute Gasteiger partial charge is 0.326 e. The smallest absolute Gasteiger partial charge is 0.224 e. The SMILES string of the molecule is CON1CCC(CC(=O)Nc2ccc3sncc3c2)CC1. The first-order valence-corrected chi connectivity index (χ1v) is 7.95. The van der Waals surface area contributed by atoms with E-state index in [0.29, 0.717) is 12.3 Å². The van der Waals surface area contributed by atoms with E-state index in [4.69, 9.17) is 4.84 Å². The van der Waals surface area contributed by atoms with E-state index >= 15 is 0 Å². The van der Waals surface area contributed by atoms with Gasteiger partial charge < -0.3 is 10.2 Å². The molecule has 1 saturated heterocycles. The number of rotatable bonds is 4. The Balaban J connectivity index is 1.54. The lowest BCUT2D eigenvalue weighted by Crippen LogP contribution is -2.34. The molecule has 2 aromatic rings. The maximum Gasteiger partial charge on any atom is 0.224 e. The highest BCUT2D eigenvalue weighted by molar-refractivity contribution is 7.13. The zero-order chi connectivity index (χ0) is 14.7. The Hall–Kier alpha value is -1.50. The molecular weight excluding hydrogens is 286 g/mol. The number of hydrogen-bond donors (Lipinski definition) is 1. The van der Waals surface area contributed by atoms with Gasteiger partial charge >= 0.3 is 0 Å². The molecule has 0 radical (unpaired) electrons. The second-order valence-electron chi connectivity index (χ2n) is 5.39. The van der Waals surface area contributed by atoms with Gasteiger partial charge in [0.1, 0.15) is 0 Å². The number of hydroxylamine groups is 2. The van der Waals surface area contributed by atoms with Crippen LogP contribution in [0.3, 0.4) is 0 Å². The number of aromatic nitrogens is 1. The molecule has 1 amide bonds. The number of anilines is 1. The van der Waals surface area contributed by atoms with Crippen LogP contribution in [0.4, 0.5) is 5.69 Å². The second-order valence-corrected chi connectivity index (χ2v) is 6.22. The van der Waals surface area contributed by atoms with Gasteiger partial charge in [-0.05, 0) is 48.5 Å². The van der Waals surface area contributed by atoms with Crippen molar-refractivity contribution in [2.24, 2.45) is 5.92 Å². The molecule has 0 atom stereocenters. The molecule has 0 bridgehead atoms. The van der Waals surface area contributed by atoms with Crippen molar-refractivity contribution in [3.8, 4) is 0 Å². The van der Waals surface area contributed by atoms with Crippen LogP contribution < -0.4 is 5.32 Å². The van der Waals surface area contributed by atoms with E-state index in [1.165, 1.54) is 11.5 Å². The third-order valence-corrected chi connectivity index (χ3v) is 4.72. The normalized spacial score (nSPS) is 17.2. The van der Waals surface area contributed by atoms with E-state index in [9.17, 15) is 4.79 Å². The van der Waals surface area contributed by atoms with Gasteiger partial charge in [0.2, 0.25) is 5.91 Å². The molecule has 6 heteroatoms. The van der Waals surface area contributed by atoms with Gasteiger partial charge in [0.05, 0.1) is 11.8 Å². The number of hydrogen-bond acceptors (Lipinski definition) is 5. The van der Waals surface area contributed by atoms with E-state index in [0.717, 1.165) is 41.7 Å². The molecule has 2 heterocycles. The molecule has 112 valence electrons. The topological polar surface area (TPSA) is 54.5 Å². The van der Waals surface area contributed by atoms with Crippen LogP contribution in [0.1, 0.15) is 19.3 Å². The van der Waals surface area contributed by atoms with Crippen molar-refractivity contribution < 1.29 is 9.63 Å². The number of piperidine rings is 1. The van der Waals surface area contributed by atoms with Crippen molar-refractivity contribution >= 4 is 33.2 Å². The summed E-state index contributed by atoms with van der Waals surface area (Å²) in [7, 11) is 1.70. The standard InChI is InChI=1S/C15H19N3O2S/c1-20-18-6-4-11(5-7-18)8-15(19)17-13-2-3-14-12(9-13)10-16-21-14/h2-3,9-11H,4-8H2,1H3,(H,17,19). The maximum atomic E-state index is 12.1. The number of carbonyl (C=O) groups is 1. The van der Waals surface area contributed by atoms with E-state index in [1.54, 1.807) is 7.11 Å². The molecule has 0 saturated carbocycles. The molecular formula is C15H19N3O2S. The summed E-state index contributed by atoms with van der Waals surface area (Å²) in [6.45, 7) is 1.81. The monoisotopic (exact) mass is 305 g/mol. The van der Waals surface area contributed by atoms with Gasteiger partial charge in [0.15, 0.2) is 0 Å². The van der Waals surface area contributed by atoms with Gasteiger partial charge in [0.25, 0.3) is 0 Å². The lowest BCUT2D eigenvalue weighted by molar-refractivity contribution is -0.149. The number of nitrogens with zero attached hydrogens (tertiary/aromatic N) is 2. The highest BCUT2D eigenvalue weighted by atomic mass is 32.1. The molecule has 1 aliphatic rings. The summed E-state index contributed by atoms with van der Waals surface area (Å²) in [6.07, 6.45) is 4.43. The Morgan fingerprint density at radius 2 is 2.29 bits per heavy atom. The summed E-state index contributed by atoms with van der Waals surface area (Å²) in [5.74, 6) is 0.538. The predicted octanol–water partition coefficient (Wildman–Crippen LogP) is 2.90. The Labute approximate surface area is 128 Å².